The van der Waals surface area contributed by atoms with Gasteiger partial charge in [-0.15, -0.1) is 0 Å². The van der Waals surface area contributed by atoms with Crippen molar-refractivity contribution in [3.8, 4) is 6.07 Å². The van der Waals surface area contributed by atoms with E-state index in [2.05, 4.69) is 26.3 Å². The van der Waals surface area contributed by atoms with Crippen LogP contribution in [0.15, 0.2) is 35.1 Å². The molecule has 0 saturated carbocycles. The molecule has 0 aliphatic heterocycles. The molecule has 1 unspecified atom stereocenters. The van der Waals surface area contributed by atoms with Gasteiger partial charge in [0.2, 0.25) is 0 Å². The number of nitriles is 1. The molecule has 102 valence electrons. The maximum atomic E-state index is 11.4. The highest BCUT2D eigenvalue weighted by molar-refractivity contribution is 9.10. The summed E-state index contributed by atoms with van der Waals surface area (Å²) in [6.45, 7) is 0. The van der Waals surface area contributed by atoms with Crippen LogP contribution < -0.4 is 5.32 Å². The Morgan fingerprint density at radius 3 is 2.90 bits per heavy atom. The maximum absolute atomic E-state index is 11.4. The highest BCUT2D eigenvalue weighted by Crippen LogP contribution is 2.25. The first-order chi connectivity index (χ1) is 9.51. The molecule has 20 heavy (non-hydrogen) atoms. The molecule has 0 aliphatic carbocycles. The molecule has 0 bridgehead atoms. The SMILES string of the molecule is Cn1cc(C(Nc2ccc(Br)cc2C#N)C(=O)O)cn1. The number of hydrogen-bond acceptors (Lipinski definition) is 4. The fraction of sp³-hybridized carbons (Fsp3) is 0.154. The highest BCUT2D eigenvalue weighted by atomic mass is 79.9. The number of hydrogen-bond donors (Lipinski definition) is 2. The Hall–Kier alpha value is -2.33. The minimum atomic E-state index is -1.04. The normalized spacial score (nSPS) is 11.7. The Labute approximate surface area is 123 Å². The standard InChI is InChI=1S/C13H11BrN4O2/c1-18-7-9(6-16-18)12(13(19)20)17-11-3-2-10(14)4-8(11)5-15/h2-4,6-7,12,17H,1H3,(H,19,20). The number of aliphatic carboxylic acids is 1. The van der Waals surface area contributed by atoms with Crippen LogP contribution in [0.1, 0.15) is 17.2 Å². The van der Waals surface area contributed by atoms with Gasteiger partial charge in [-0.1, -0.05) is 15.9 Å². The van der Waals surface area contributed by atoms with Gasteiger partial charge in [0.15, 0.2) is 6.04 Å². The third-order valence-corrected chi connectivity index (χ3v) is 3.20. The van der Waals surface area contributed by atoms with E-state index in [0.717, 1.165) is 4.47 Å². The van der Waals surface area contributed by atoms with Crippen LogP contribution >= 0.6 is 15.9 Å². The first kappa shape index (κ1) is 14.1. The van der Waals surface area contributed by atoms with Gasteiger partial charge in [-0.25, -0.2) is 4.79 Å². The lowest BCUT2D eigenvalue weighted by Gasteiger charge is -2.15. The number of halogens is 1. The third-order valence-electron chi connectivity index (χ3n) is 2.71. The number of rotatable bonds is 4. The molecule has 1 heterocycles. The van der Waals surface area contributed by atoms with E-state index >= 15 is 0 Å². The van der Waals surface area contributed by atoms with Crippen molar-refractivity contribution in [2.75, 3.05) is 5.32 Å². The summed E-state index contributed by atoms with van der Waals surface area (Å²) in [5.41, 5.74) is 1.35. The fourth-order valence-electron chi connectivity index (χ4n) is 1.77. The monoisotopic (exact) mass is 334 g/mol. The Kier molecular flexibility index (Phi) is 4.05. The summed E-state index contributed by atoms with van der Waals surface area (Å²) in [5.74, 6) is -1.04. The zero-order valence-electron chi connectivity index (χ0n) is 10.5. The summed E-state index contributed by atoms with van der Waals surface area (Å²) in [6.07, 6.45) is 3.10. The Morgan fingerprint density at radius 1 is 1.60 bits per heavy atom. The van der Waals surface area contributed by atoms with Gasteiger partial charge in [-0.05, 0) is 18.2 Å². The Bertz CT molecular complexity index is 690. The number of carboxylic acids is 1. The molecule has 0 spiro atoms. The number of benzene rings is 1. The van der Waals surface area contributed by atoms with Crippen LogP contribution in [0.25, 0.3) is 0 Å². The van der Waals surface area contributed by atoms with Gasteiger partial charge in [-0.2, -0.15) is 10.4 Å². The predicted octanol–water partition coefficient (Wildman–Crippen LogP) is 2.29. The van der Waals surface area contributed by atoms with E-state index in [0.29, 0.717) is 16.8 Å². The third kappa shape index (κ3) is 2.97. The van der Waals surface area contributed by atoms with Crippen LogP contribution in [0.2, 0.25) is 0 Å². The van der Waals surface area contributed by atoms with Crippen molar-refractivity contribution in [3.05, 3.63) is 46.2 Å². The van der Waals surface area contributed by atoms with Gasteiger partial charge < -0.3 is 10.4 Å². The number of aromatic nitrogens is 2. The highest BCUT2D eigenvalue weighted by Gasteiger charge is 2.22. The molecule has 0 saturated heterocycles. The summed E-state index contributed by atoms with van der Waals surface area (Å²) in [4.78, 5) is 11.4. The Balaban J connectivity index is 2.35. The smallest absolute Gasteiger partial charge is 0.330 e. The van der Waals surface area contributed by atoms with E-state index in [4.69, 9.17) is 5.26 Å². The first-order valence-corrected chi connectivity index (χ1v) is 6.48. The largest absolute Gasteiger partial charge is 0.479 e. The van der Waals surface area contributed by atoms with E-state index in [9.17, 15) is 9.90 Å². The second kappa shape index (κ2) is 5.75. The second-order valence-electron chi connectivity index (χ2n) is 4.16. The molecule has 2 N–H and O–H groups in total. The van der Waals surface area contributed by atoms with E-state index in [1.807, 2.05) is 6.07 Å². The molecule has 6 nitrogen and oxygen atoms in total. The summed E-state index contributed by atoms with van der Waals surface area (Å²) in [6, 6.07) is 6.10. The average molecular weight is 335 g/mol. The van der Waals surface area contributed by atoms with Gasteiger partial charge in [0.05, 0.1) is 17.4 Å². The lowest BCUT2D eigenvalue weighted by Crippen LogP contribution is -2.20. The molecule has 0 radical (unpaired) electrons. The Morgan fingerprint density at radius 2 is 2.35 bits per heavy atom. The number of nitrogens with one attached hydrogen (secondary N) is 1. The van der Waals surface area contributed by atoms with Gasteiger partial charge in [0.1, 0.15) is 6.07 Å². The molecule has 2 rings (SSSR count). The van der Waals surface area contributed by atoms with E-state index in [1.165, 1.54) is 10.9 Å². The van der Waals surface area contributed by atoms with Crippen molar-refractivity contribution in [1.29, 1.82) is 5.26 Å². The molecule has 1 aromatic heterocycles. The van der Waals surface area contributed by atoms with E-state index in [1.54, 1.807) is 31.4 Å². The van der Waals surface area contributed by atoms with Crippen LogP contribution in [0.4, 0.5) is 5.69 Å². The summed E-state index contributed by atoms with van der Waals surface area (Å²) >= 11 is 3.27. The van der Waals surface area contributed by atoms with Crippen LogP contribution in [-0.4, -0.2) is 20.9 Å². The van der Waals surface area contributed by atoms with Crippen LogP contribution in [0, 0.1) is 11.3 Å². The minimum Gasteiger partial charge on any atom is -0.479 e. The predicted molar refractivity (Wildman–Crippen MR) is 76.1 cm³/mol. The minimum absolute atomic E-state index is 0.370. The quantitative estimate of drug-likeness (QED) is 0.895. The number of aryl methyl sites for hydroxylation is 1. The first-order valence-electron chi connectivity index (χ1n) is 5.69. The lowest BCUT2D eigenvalue weighted by molar-refractivity contribution is -0.138. The fourth-order valence-corrected chi connectivity index (χ4v) is 2.13. The number of carbonyl (C=O) groups is 1. The summed E-state index contributed by atoms with van der Waals surface area (Å²) in [5, 5.41) is 25.2. The summed E-state index contributed by atoms with van der Waals surface area (Å²) < 4.78 is 2.28. The van der Waals surface area contributed by atoms with Gasteiger partial charge in [0, 0.05) is 23.3 Å². The van der Waals surface area contributed by atoms with Crippen molar-refractivity contribution in [1.82, 2.24) is 9.78 Å². The number of anilines is 1. The molecular formula is C13H11BrN4O2. The van der Waals surface area contributed by atoms with Crippen molar-refractivity contribution < 1.29 is 9.90 Å². The molecule has 1 atom stereocenters. The molecule has 0 amide bonds. The summed E-state index contributed by atoms with van der Waals surface area (Å²) in [7, 11) is 1.71. The lowest BCUT2D eigenvalue weighted by atomic mass is 10.1. The molecule has 1 aromatic carbocycles. The molecule has 7 heteroatoms. The number of carboxylic acid groups (broad SMARTS) is 1. The van der Waals surface area contributed by atoms with Gasteiger partial charge >= 0.3 is 5.97 Å². The van der Waals surface area contributed by atoms with Crippen molar-refractivity contribution in [2.24, 2.45) is 7.05 Å². The van der Waals surface area contributed by atoms with Crippen LogP contribution in [0.3, 0.4) is 0 Å². The molecule has 2 aromatic rings. The average Bonchev–Trinajstić information content (AvgIpc) is 2.83. The maximum Gasteiger partial charge on any atom is 0.330 e. The molecular weight excluding hydrogens is 324 g/mol. The van der Waals surface area contributed by atoms with Crippen molar-refractivity contribution in [3.63, 3.8) is 0 Å². The zero-order chi connectivity index (χ0) is 14.7. The molecule has 0 fully saturated rings. The second-order valence-corrected chi connectivity index (χ2v) is 5.08. The van der Waals surface area contributed by atoms with E-state index in [-0.39, 0.29) is 0 Å². The molecule has 0 aliphatic rings. The van der Waals surface area contributed by atoms with Gasteiger partial charge in [-0.3, -0.25) is 4.68 Å². The van der Waals surface area contributed by atoms with Crippen molar-refractivity contribution in [2.45, 2.75) is 6.04 Å². The number of nitrogens with zero attached hydrogens (tertiary/aromatic N) is 3. The van der Waals surface area contributed by atoms with E-state index < -0.39 is 12.0 Å². The van der Waals surface area contributed by atoms with Gasteiger partial charge in [0.25, 0.3) is 0 Å². The van der Waals surface area contributed by atoms with Crippen molar-refractivity contribution >= 4 is 27.6 Å². The topological polar surface area (TPSA) is 90.9 Å². The van der Waals surface area contributed by atoms with Crippen LogP contribution in [-0.2, 0) is 11.8 Å². The zero-order valence-corrected chi connectivity index (χ0v) is 12.1. The van der Waals surface area contributed by atoms with Crippen LogP contribution in [0.5, 0.6) is 0 Å².